The van der Waals surface area contributed by atoms with Crippen molar-refractivity contribution in [1.82, 2.24) is 4.90 Å². The van der Waals surface area contributed by atoms with Crippen LogP contribution < -0.4 is 5.73 Å². The molecule has 1 atom stereocenters. The number of rotatable bonds is 6. The smallest absolute Gasteiger partial charge is 0.223 e. The Labute approximate surface area is 126 Å². The molecule has 1 unspecified atom stereocenters. The molecule has 0 aliphatic carbocycles. The molecule has 112 valence electrons. The minimum Gasteiger partial charge on any atom is -0.335 e. The molecule has 0 saturated carbocycles. The van der Waals surface area contributed by atoms with Gasteiger partial charge in [-0.05, 0) is 49.1 Å². The van der Waals surface area contributed by atoms with Crippen molar-refractivity contribution in [3.05, 3.63) is 22.4 Å². The lowest BCUT2D eigenvalue weighted by molar-refractivity contribution is -0.132. The van der Waals surface area contributed by atoms with Crippen LogP contribution in [0, 0.1) is 5.41 Å². The second-order valence-corrected chi connectivity index (χ2v) is 7.44. The number of nitrogens with two attached hydrogens (primary N) is 1. The van der Waals surface area contributed by atoms with E-state index in [1.54, 1.807) is 11.3 Å². The number of carbonyl (C=O) groups excluding carboxylic acids is 1. The van der Waals surface area contributed by atoms with Crippen LogP contribution in [0.15, 0.2) is 17.5 Å². The Balaban J connectivity index is 1.92. The lowest BCUT2D eigenvalue weighted by Crippen LogP contribution is -2.31. The predicted molar refractivity (Wildman–Crippen MR) is 84.7 cm³/mol. The molecule has 0 spiro atoms. The monoisotopic (exact) mass is 294 g/mol. The molecule has 1 aromatic heterocycles. The third kappa shape index (κ3) is 3.83. The highest BCUT2D eigenvalue weighted by molar-refractivity contribution is 7.10. The molecule has 1 fully saturated rings. The van der Waals surface area contributed by atoms with Gasteiger partial charge in [0.15, 0.2) is 0 Å². The summed E-state index contributed by atoms with van der Waals surface area (Å²) >= 11 is 1.76. The maximum Gasteiger partial charge on any atom is 0.223 e. The first-order chi connectivity index (χ1) is 9.53. The Hall–Kier alpha value is -0.870. The van der Waals surface area contributed by atoms with E-state index in [0.717, 1.165) is 32.2 Å². The molecular formula is C16H26N2OS. The number of hydrogen-bond acceptors (Lipinski definition) is 3. The van der Waals surface area contributed by atoms with Gasteiger partial charge < -0.3 is 10.6 Å². The van der Waals surface area contributed by atoms with Crippen molar-refractivity contribution in [2.24, 2.45) is 11.1 Å². The fourth-order valence-corrected chi connectivity index (χ4v) is 3.82. The molecule has 2 N–H and O–H groups in total. The Bertz CT molecular complexity index is 428. The fourth-order valence-electron chi connectivity index (χ4n) is 2.95. The van der Waals surface area contributed by atoms with E-state index < -0.39 is 0 Å². The molecule has 0 aromatic carbocycles. The van der Waals surface area contributed by atoms with Gasteiger partial charge in [-0.2, -0.15) is 0 Å². The molecule has 20 heavy (non-hydrogen) atoms. The minimum atomic E-state index is 0.169. The van der Waals surface area contributed by atoms with E-state index >= 15 is 0 Å². The van der Waals surface area contributed by atoms with Crippen LogP contribution in [0.5, 0.6) is 0 Å². The van der Waals surface area contributed by atoms with Gasteiger partial charge in [0.1, 0.15) is 0 Å². The number of hydrogen-bond donors (Lipinski definition) is 1. The van der Waals surface area contributed by atoms with Crippen molar-refractivity contribution in [3.8, 4) is 0 Å². The van der Waals surface area contributed by atoms with Crippen LogP contribution in [0.3, 0.4) is 0 Å². The van der Waals surface area contributed by atoms with E-state index in [1.807, 2.05) is 0 Å². The van der Waals surface area contributed by atoms with Crippen molar-refractivity contribution in [2.75, 3.05) is 13.1 Å². The van der Waals surface area contributed by atoms with Gasteiger partial charge in [0.05, 0.1) is 6.04 Å². The fraction of sp³-hybridized carbons (Fsp3) is 0.688. The number of carbonyl (C=O) groups is 1. The highest BCUT2D eigenvalue weighted by Crippen LogP contribution is 2.36. The Kier molecular flexibility index (Phi) is 5.22. The van der Waals surface area contributed by atoms with E-state index in [0.29, 0.717) is 24.9 Å². The maximum atomic E-state index is 12.5. The van der Waals surface area contributed by atoms with Gasteiger partial charge in [-0.3, -0.25) is 4.79 Å². The number of thiophene rings is 1. The average Bonchev–Trinajstić information content (AvgIpc) is 3.05. The van der Waals surface area contributed by atoms with E-state index in [-0.39, 0.29) is 5.41 Å². The molecule has 1 amide bonds. The van der Waals surface area contributed by atoms with Gasteiger partial charge >= 0.3 is 0 Å². The molecule has 0 radical (unpaired) electrons. The molecular weight excluding hydrogens is 268 g/mol. The number of amides is 1. The summed E-state index contributed by atoms with van der Waals surface area (Å²) in [7, 11) is 0. The van der Waals surface area contributed by atoms with Crippen LogP contribution in [0.4, 0.5) is 0 Å². The lowest BCUT2D eigenvalue weighted by Gasteiger charge is -2.27. The van der Waals surface area contributed by atoms with Gasteiger partial charge in [-0.25, -0.2) is 0 Å². The summed E-state index contributed by atoms with van der Waals surface area (Å²) < 4.78 is 0. The molecule has 1 aliphatic rings. The first-order valence-electron chi connectivity index (χ1n) is 7.56. The van der Waals surface area contributed by atoms with Crippen LogP contribution >= 0.6 is 11.3 Å². The molecule has 2 heterocycles. The highest BCUT2D eigenvalue weighted by atomic mass is 32.1. The van der Waals surface area contributed by atoms with Crippen LogP contribution in [0.1, 0.15) is 56.9 Å². The average molecular weight is 294 g/mol. The molecule has 2 rings (SSSR count). The minimum absolute atomic E-state index is 0.169. The molecule has 1 aromatic rings. The zero-order chi connectivity index (χ0) is 14.6. The predicted octanol–water partition coefficient (Wildman–Crippen LogP) is 3.57. The second-order valence-electron chi connectivity index (χ2n) is 6.46. The molecule has 3 nitrogen and oxygen atoms in total. The number of likely N-dealkylation sites (tertiary alicyclic amines) is 1. The second kappa shape index (κ2) is 6.72. The Morgan fingerprint density at radius 3 is 2.95 bits per heavy atom. The quantitative estimate of drug-likeness (QED) is 0.872. The topological polar surface area (TPSA) is 46.3 Å². The third-order valence-electron chi connectivity index (χ3n) is 4.28. The Morgan fingerprint density at radius 2 is 2.30 bits per heavy atom. The van der Waals surface area contributed by atoms with Gasteiger partial charge in [0, 0.05) is 17.8 Å². The summed E-state index contributed by atoms with van der Waals surface area (Å²) in [6.07, 6.45) is 4.79. The molecule has 1 aliphatic heterocycles. The third-order valence-corrected chi connectivity index (χ3v) is 5.26. The van der Waals surface area contributed by atoms with E-state index in [4.69, 9.17) is 5.73 Å². The van der Waals surface area contributed by atoms with Gasteiger partial charge in [0.25, 0.3) is 0 Å². The van der Waals surface area contributed by atoms with Crippen molar-refractivity contribution >= 4 is 17.2 Å². The first kappa shape index (κ1) is 15.5. The summed E-state index contributed by atoms with van der Waals surface area (Å²) in [4.78, 5) is 15.9. The summed E-state index contributed by atoms with van der Waals surface area (Å²) in [6.45, 7) is 6.02. The van der Waals surface area contributed by atoms with Crippen LogP contribution in [0.2, 0.25) is 0 Å². The van der Waals surface area contributed by atoms with E-state index in [9.17, 15) is 4.79 Å². The normalized spacial score (nSPS) is 19.6. The van der Waals surface area contributed by atoms with Crippen molar-refractivity contribution in [3.63, 3.8) is 0 Å². The zero-order valence-electron chi connectivity index (χ0n) is 12.6. The highest BCUT2D eigenvalue weighted by Gasteiger charge is 2.31. The number of nitrogens with zero attached hydrogens (tertiary/aromatic N) is 1. The van der Waals surface area contributed by atoms with E-state index in [1.165, 1.54) is 4.88 Å². The summed E-state index contributed by atoms with van der Waals surface area (Å²) in [5, 5.41) is 2.10. The first-order valence-corrected chi connectivity index (χ1v) is 8.44. The lowest BCUT2D eigenvalue weighted by atomic mass is 9.84. The largest absolute Gasteiger partial charge is 0.335 e. The van der Waals surface area contributed by atoms with Crippen molar-refractivity contribution in [2.45, 2.75) is 52.0 Å². The summed E-state index contributed by atoms with van der Waals surface area (Å²) in [5.74, 6) is 0.311. The van der Waals surface area contributed by atoms with Crippen molar-refractivity contribution in [1.29, 1.82) is 0 Å². The molecule has 4 heteroatoms. The van der Waals surface area contributed by atoms with Crippen LogP contribution in [0.25, 0.3) is 0 Å². The zero-order valence-corrected chi connectivity index (χ0v) is 13.4. The van der Waals surface area contributed by atoms with Gasteiger partial charge in [0.2, 0.25) is 5.91 Å². The van der Waals surface area contributed by atoms with Crippen molar-refractivity contribution < 1.29 is 4.79 Å². The van der Waals surface area contributed by atoms with Crippen LogP contribution in [-0.4, -0.2) is 23.9 Å². The SMILES string of the molecule is CC(C)(CCN)CCC(=O)N1CCCC1c1cccs1. The van der Waals surface area contributed by atoms with Crippen LogP contribution in [-0.2, 0) is 4.79 Å². The Morgan fingerprint density at radius 1 is 1.50 bits per heavy atom. The standard InChI is InChI=1S/C16H26N2OS/c1-16(2,9-10-17)8-7-15(19)18-11-3-5-13(18)14-6-4-12-20-14/h4,6,12-13H,3,5,7-11,17H2,1-2H3. The molecule has 1 saturated heterocycles. The summed E-state index contributed by atoms with van der Waals surface area (Å²) in [6, 6.07) is 4.55. The maximum absolute atomic E-state index is 12.5. The summed E-state index contributed by atoms with van der Waals surface area (Å²) in [5.41, 5.74) is 5.80. The van der Waals surface area contributed by atoms with Gasteiger partial charge in [-0.1, -0.05) is 19.9 Å². The van der Waals surface area contributed by atoms with E-state index in [2.05, 4.69) is 36.3 Å². The van der Waals surface area contributed by atoms with Gasteiger partial charge in [-0.15, -0.1) is 11.3 Å². The molecule has 0 bridgehead atoms.